The van der Waals surface area contributed by atoms with Crippen LogP contribution in [0.4, 0.5) is 16.3 Å². The number of nitrogens with one attached hydrogen (secondary N) is 2. The predicted octanol–water partition coefficient (Wildman–Crippen LogP) is 2.15. The highest BCUT2D eigenvalue weighted by atomic mass is 16.6. The zero-order valence-corrected chi connectivity index (χ0v) is 15.3. The largest absolute Gasteiger partial charge is 0.444 e. The molecule has 0 spiro atoms. The number of aryl methyl sites for hydroxylation is 1. The summed E-state index contributed by atoms with van der Waals surface area (Å²) in [5.41, 5.74) is 0.301. The van der Waals surface area contributed by atoms with Crippen molar-refractivity contribution in [2.45, 2.75) is 33.3 Å². The second-order valence-electron chi connectivity index (χ2n) is 6.64. The number of hydrogen-bond donors (Lipinski definition) is 2. The van der Waals surface area contributed by atoms with E-state index in [0.29, 0.717) is 16.9 Å². The lowest BCUT2D eigenvalue weighted by molar-refractivity contribution is -0.114. The molecule has 0 fully saturated rings. The molecule has 26 heavy (non-hydrogen) atoms. The van der Waals surface area contributed by atoms with Crippen LogP contribution >= 0.6 is 0 Å². The Morgan fingerprint density at radius 3 is 2.42 bits per heavy atom. The standard InChI is InChI=1S/C17H21N5O4/c1-10(23)20-14-6-12(21-16(25)26-17(2,3)4)11(7-19-14)13-9-22(5)15(24)8-18-13/h6-9H,1-5H3,(H2,19,20,21,23,25). The molecule has 2 aromatic heterocycles. The van der Waals surface area contributed by atoms with Crippen LogP contribution < -0.4 is 16.2 Å². The first-order chi connectivity index (χ1) is 12.0. The van der Waals surface area contributed by atoms with Crippen molar-refractivity contribution in [3.63, 3.8) is 0 Å². The zero-order valence-electron chi connectivity index (χ0n) is 15.3. The van der Waals surface area contributed by atoms with Gasteiger partial charge in [0.15, 0.2) is 0 Å². The van der Waals surface area contributed by atoms with Crippen molar-refractivity contribution in [1.82, 2.24) is 14.5 Å². The number of ether oxygens (including phenoxy) is 1. The SMILES string of the molecule is CC(=O)Nc1cc(NC(=O)OC(C)(C)C)c(-c2cn(C)c(=O)cn2)cn1. The average molecular weight is 359 g/mol. The van der Waals surface area contributed by atoms with Crippen LogP contribution in [0.2, 0.25) is 0 Å². The molecular weight excluding hydrogens is 338 g/mol. The van der Waals surface area contributed by atoms with E-state index >= 15 is 0 Å². The molecule has 9 nitrogen and oxygen atoms in total. The Kier molecular flexibility index (Phi) is 5.39. The smallest absolute Gasteiger partial charge is 0.412 e. The molecule has 9 heteroatoms. The van der Waals surface area contributed by atoms with Gasteiger partial charge in [-0.1, -0.05) is 0 Å². The molecule has 0 saturated carbocycles. The van der Waals surface area contributed by atoms with Gasteiger partial charge in [0.2, 0.25) is 5.91 Å². The second-order valence-corrected chi connectivity index (χ2v) is 6.64. The first-order valence-electron chi connectivity index (χ1n) is 7.86. The van der Waals surface area contributed by atoms with Crippen LogP contribution in [0.3, 0.4) is 0 Å². The fourth-order valence-electron chi connectivity index (χ4n) is 2.06. The molecule has 138 valence electrons. The summed E-state index contributed by atoms with van der Waals surface area (Å²) >= 11 is 0. The van der Waals surface area contributed by atoms with E-state index < -0.39 is 11.7 Å². The van der Waals surface area contributed by atoms with Gasteiger partial charge in [-0.15, -0.1) is 0 Å². The molecule has 0 bridgehead atoms. The van der Waals surface area contributed by atoms with Crippen LogP contribution in [0.5, 0.6) is 0 Å². The van der Waals surface area contributed by atoms with Crippen molar-refractivity contribution in [2.75, 3.05) is 10.6 Å². The number of anilines is 2. The Morgan fingerprint density at radius 1 is 1.15 bits per heavy atom. The molecule has 0 aliphatic heterocycles. The van der Waals surface area contributed by atoms with E-state index in [2.05, 4.69) is 20.6 Å². The number of nitrogens with zero attached hydrogens (tertiary/aromatic N) is 3. The molecule has 2 heterocycles. The molecule has 0 aromatic carbocycles. The van der Waals surface area contributed by atoms with Gasteiger partial charge in [0, 0.05) is 38.0 Å². The number of pyridine rings is 1. The highest BCUT2D eigenvalue weighted by Gasteiger charge is 2.19. The molecule has 0 aliphatic rings. The maximum absolute atomic E-state index is 12.1. The lowest BCUT2D eigenvalue weighted by Gasteiger charge is -2.20. The third-order valence-corrected chi connectivity index (χ3v) is 3.10. The summed E-state index contributed by atoms with van der Waals surface area (Å²) in [6.07, 6.45) is 3.49. The normalized spacial score (nSPS) is 11.0. The first-order valence-corrected chi connectivity index (χ1v) is 7.86. The highest BCUT2D eigenvalue weighted by Crippen LogP contribution is 2.28. The molecule has 0 radical (unpaired) electrons. The molecule has 2 aromatic rings. The predicted molar refractivity (Wildman–Crippen MR) is 96.9 cm³/mol. The summed E-state index contributed by atoms with van der Waals surface area (Å²) in [4.78, 5) is 43.2. The van der Waals surface area contributed by atoms with Crippen LogP contribution in [0.15, 0.2) is 29.5 Å². The Hall–Kier alpha value is -3.23. The monoisotopic (exact) mass is 359 g/mol. The topological polar surface area (TPSA) is 115 Å². The summed E-state index contributed by atoms with van der Waals surface area (Å²) < 4.78 is 6.63. The van der Waals surface area contributed by atoms with E-state index in [9.17, 15) is 14.4 Å². The Bertz CT molecular complexity index is 899. The maximum Gasteiger partial charge on any atom is 0.412 e. The molecule has 0 unspecified atom stereocenters. The first kappa shape index (κ1) is 19.1. The summed E-state index contributed by atoms with van der Waals surface area (Å²) in [6, 6.07) is 1.49. The minimum atomic E-state index is -0.674. The van der Waals surface area contributed by atoms with Gasteiger partial charge in [-0.05, 0) is 20.8 Å². The van der Waals surface area contributed by atoms with Gasteiger partial charge in [0.05, 0.1) is 17.6 Å². The number of rotatable bonds is 3. The van der Waals surface area contributed by atoms with Gasteiger partial charge < -0.3 is 14.6 Å². The molecule has 0 atom stereocenters. The number of carbonyl (C=O) groups excluding carboxylic acids is 2. The molecule has 0 saturated heterocycles. The van der Waals surface area contributed by atoms with Crippen molar-refractivity contribution in [1.29, 1.82) is 0 Å². The van der Waals surface area contributed by atoms with E-state index in [1.165, 1.54) is 36.1 Å². The Labute approximate surface area is 150 Å². The lowest BCUT2D eigenvalue weighted by Crippen LogP contribution is -2.27. The molecule has 0 aliphatic carbocycles. The minimum absolute atomic E-state index is 0.261. The van der Waals surface area contributed by atoms with Gasteiger partial charge >= 0.3 is 6.09 Å². The fraction of sp³-hybridized carbons (Fsp3) is 0.353. The molecule has 2 N–H and O–H groups in total. The second kappa shape index (κ2) is 7.34. The van der Waals surface area contributed by atoms with Gasteiger partial charge in [-0.3, -0.25) is 14.9 Å². The van der Waals surface area contributed by atoms with E-state index in [1.54, 1.807) is 27.8 Å². The van der Waals surface area contributed by atoms with Crippen molar-refractivity contribution < 1.29 is 14.3 Å². The third kappa shape index (κ3) is 5.13. The van der Waals surface area contributed by atoms with E-state index in [4.69, 9.17) is 4.74 Å². The summed E-state index contributed by atoms with van der Waals surface area (Å²) in [7, 11) is 1.59. The van der Waals surface area contributed by atoms with Crippen molar-refractivity contribution >= 4 is 23.5 Å². The van der Waals surface area contributed by atoms with Crippen LogP contribution in [-0.4, -0.2) is 32.1 Å². The number of aromatic nitrogens is 3. The minimum Gasteiger partial charge on any atom is -0.444 e. The third-order valence-electron chi connectivity index (χ3n) is 3.10. The number of amides is 2. The number of hydrogen-bond acceptors (Lipinski definition) is 6. The Morgan fingerprint density at radius 2 is 1.85 bits per heavy atom. The average Bonchev–Trinajstić information content (AvgIpc) is 2.48. The fourth-order valence-corrected chi connectivity index (χ4v) is 2.06. The highest BCUT2D eigenvalue weighted by molar-refractivity contribution is 5.93. The molecule has 2 rings (SSSR count). The van der Waals surface area contributed by atoms with Crippen LogP contribution in [-0.2, 0) is 16.6 Å². The van der Waals surface area contributed by atoms with E-state index in [0.717, 1.165) is 0 Å². The Balaban J connectivity index is 2.45. The quantitative estimate of drug-likeness (QED) is 0.867. The van der Waals surface area contributed by atoms with E-state index in [-0.39, 0.29) is 17.3 Å². The molecular formula is C17H21N5O4. The van der Waals surface area contributed by atoms with Crippen molar-refractivity contribution in [3.8, 4) is 11.3 Å². The maximum atomic E-state index is 12.1. The molecule has 2 amide bonds. The van der Waals surface area contributed by atoms with Gasteiger partial charge in [-0.2, -0.15) is 0 Å². The van der Waals surface area contributed by atoms with Gasteiger partial charge in [0.1, 0.15) is 11.4 Å². The lowest BCUT2D eigenvalue weighted by atomic mass is 10.1. The van der Waals surface area contributed by atoms with Crippen molar-refractivity contribution in [2.24, 2.45) is 7.05 Å². The zero-order chi connectivity index (χ0) is 19.5. The van der Waals surface area contributed by atoms with Crippen LogP contribution in [0.1, 0.15) is 27.7 Å². The summed E-state index contributed by atoms with van der Waals surface area (Å²) in [5, 5.41) is 5.18. The van der Waals surface area contributed by atoms with Crippen molar-refractivity contribution in [3.05, 3.63) is 35.0 Å². The summed E-state index contributed by atoms with van der Waals surface area (Å²) in [6.45, 7) is 6.59. The van der Waals surface area contributed by atoms with Crippen LogP contribution in [0.25, 0.3) is 11.3 Å². The van der Waals surface area contributed by atoms with Gasteiger partial charge in [-0.25, -0.2) is 14.8 Å². The van der Waals surface area contributed by atoms with E-state index in [1.807, 2.05) is 0 Å². The van der Waals surface area contributed by atoms with Crippen LogP contribution in [0, 0.1) is 0 Å². The van der Waals surface area contributed by atoms with Gasteiger partial charge in [0.25, 0.3) is 5.56 Å². The summed E-state index contributed by atoms with van der Waals surface area (Å²) in [5.74, 6) is -0.0363. The number of carbonyl (C=O) groups is 2.